The predicted molar refractivity (Wildman–Crippen MR) is 42.9 cm³/mol. The fourth-order valence-corrected chi connectivity index (χ4v) is 1.88. The zero-order valence-corrected chi connectivity index (χ0v) is 6.93. The summed E-state index contributed by atoms with van der Waals surface area (Å²) in [5, 5.41) is 3.59. The summed E-state index contributed by atoms with van der Waals surface area (Å²) in [6.07, 6.45) is 4.49. The molecule has 2 saturated carbocycles. The first-order valence-electron chi connectivity index (χ1n) is 4.53. The van der Waals surface area contributed by atoms with E-state index in [4.69, 9.17) is 0 Å². The van der Waals surface area contributed by atoms with Crippen molar-refractivity contribution in [3.8, 4) is 0 Å². The highest BCUT2D eigenvalue weighted by Gasteiger charge is 2.47. The van der Waals surface area contributed by atoms with Gasteiger partial charge in [-0.05, 0) is 31.1 Å². The lowest BCUT2D eigenvalue weighted by Crippen LogP contribution is -2.26. The summed E-state index contributed by atoms with van der Waals surface area (Å²) in [4.78, 5) is 0. The SMILES string of the molecule is CC(C)N[C@@H]1C[C@H]1C1CC1. The van der Waals surface area contributed by atoms with Gasteiger partial charge in [0.2, 0.25) is 0 Å². The molecule has 1 N–H and O–H groups in total. The Bertz CT molecular complexity index is 127. The van der Waals surface area contributed by atoms with Crippen molar-refractivity contribution in [1.82, 2.24) is 5.32 Å². The smallest absolute Gasteiger partial charge is 0.0104 e. The molecule has 2 fully saturated rings. The maximum Gasteiger partial charge on any atom is 0.0104 e. The van der Waals surface area contributed by atoms with Gasteiger partial charge in [-0.15, -0.1) is 0 Å². The van der Waals surface area contributed by atoms with Crippen LogP contribution in [0.1, 0.15) is 33.1 Å². The molecule has 0 heterocycles. The maximum atomic E-state index is 3.59. The molecule has 1 heteroatoms. The quantitative estimate of drug-likeness (QED) is 0.628. The topological polar surface area (TPSA) is 12.0 Å². The molecule has 0 bridgehead atoms. The second-order valence-corrected chi connectivity index (χ2v) is 4.16. The minimum atomic E-state index is 0.689. The van der Waals surface area contributed by atoms with Crippen molar-refractivity contribution in [3.63, 3.8) is 0 Å². The van der Waals surface area contributed by atoms with Gasteiger partial charge in [0.15, 0.2) is 0 Å². The molecular formula is C9H17N. The normalized spacial score (nSPS) is 38.7. The fourth-order valence-electron chi connectivity index (χ4n) is 1.88. The first kappa shape index (κ1) is 6.66. The fraction of sp³-hybridized carbons (Fsp3) is 1.00. The van der Waals surface area contributed by atoms with E-state index < -0.39 is 0 Å². The second kappa shape index (κ2) is 2.23. The van der Waals surface area contributed by atoms with Crippen molar-refractivity contribution in [2.75, 3.05) is 0 Å². The van der Waals surface area contributed by atoms with Gasteiger partial charge in [0.05, 0.1) is 0 Å². The molecule has 2 aliphatic rings. The van der Waals surface area contributed by atoms with E-state index in [1.807, 2.05) is 0 Å². The van der Waals surface area contributed by atoms with Crippen LogP contribution in [0, 0.1) is 11.8 Å². The molecule has 2 rings (SSSR count). The molecule has 2 aliphatic carbocycles. The standard InChI is InChI=1S/C9H17N/c1-6(2)10-9-5-8(9)7-3-4-7/h6-10H,3-5H2,1-2H3/t8-,9+/m0/s1. The minimum Gasteiger partial charge on any atom is -0.311 e. The molecule has 0 unspecified atom stereocenters. The molecule has 0 aromatic rings. The van der Waals surface area contributed by atoms with E-state index in [0.29, 0.717) is 6.04 Å². The van der Waals surface area contributed by atoms with Gasteiger partial charge in [0.25, 0.3) is 0 Å². The predicted octanol–water partition coefficient (Wildman–Crippen LogP) is 1.78. The first-order chi connectivity index (χ1) is 4.77. The Hall–Kier alpha value is -0.0400. The lowest BCUT2D eigenvalue weighted by atomic mass is 10.2. The van der Waals surface area contributed by atoms with E-state index in [-0.39, 0.29) is 0 Å². The molecule has 0 amide bonds. The van der Waals surface area contributed by atoms with Crippen molar-refractivity contribution in [2.24, 2.45) is 11.8 Å². The number of rotatable bonds is 3. The largest absolute Gasteiger partial charge is 0.311 e. The second-order valence-electron chi connectivity index (χ2n) is 4.16. The lowest BCUT2D eigenvalue weighted by Gasteiger charge is -2.05. The number of hydrogen-bond acceptors (Lipinski definition) is 1. The minimum absolute atomic E-state index is 0.689. The number of nitrogens with one attached hydrogen (secondary N) is 1. The van der Waals surface area contributed by atoms with Crippen LogP contribution in [0.2, 0.25) is 0 Å². The molecule has 10 heavy (non-hydrogen) atoms. The zero-order valence-electron chi connectivity index (χ0n) is 6.93. The van der Waals surface area contributed by atoms with Crippen molar-refractivity contribution in [1.29, 1.82) is 0 Å². The van der Waals surface area contributed by atoms with E-state index in [9.17, 15) is 0 Å². The molecular weight excluding hydrogens is 122 g/mol. The summed E-state index contributed by atoms with van der Waals surface area (Å²) >= 11 is 0. The zero-order chi connectivity index (χ0) is 7.14. The van der Waals surface area contributed by atoms with Crippen LogP contribution in [0.25, 0.3) is 0 Å². The maximum absolute atomic E-state index is 3.59. The first-order valence-corrected chi connectivity index (χ1v) is 4.53. The average molecular weight is 139 g/mol. The third-order valence-corrected chi connectivity index (χ3v) is 2.61. The van der Waals surface area contributed by atoms with E-state index in [0.717, 1.165) is 17.9 Å². The van der Waals surface area contributed by atoms with Gasteiger partial charge in [0, 0.05) is 12.1 Å². The highest BCUT2D eigenvalue weighted by molar-refractivity contribution is 5.01. The van der Waals surface area contributed by atoms with Crippen LogP contribution in [0.3, 0.4) is 0 Å². The Morgan fingerprint density at radius 2 is 2.00 bits per heavy atom. The van der Waals surface area contributed by atoms with Gasteiger partial charge in [-0.25, -0.2) is 0 Å². The van der Waals surface area contributed by atoms with Crippen LogP contribution in [-0.4, -0.2) is 12.1 Å². The average Bonchev–Trinajstić information content (AvgIpc) is 2.49. The molecule has 1 nitrogen and oxygen atoms in total. The molecule has 0 aromatic heterocycles. The monoisotopic (exact) mass is 139 g/mol. The van der Waals surface area contributed by atoms with Crippen molar-refractivity contribution >= 4 is 0 Å². The summed E-state index contributed by atoms with van der Waals surface area (Å²) < 4.78 is 0. The van der Waals surface area contributed by atoms with Crippen LogP contribution in [0.4, 0.5) is 0 Å². The highest BCUT2D eigenvalue weighted by atomic mass is 15.0. The van der Waals surface area contributed by atoms with Gasteiger partial charge < -0.3 is 5.32 Å². The Morgan fingerprint density at radius 3 is 2.50 bits per heavy atom. The third-order valence-electron chi connectivity index (χ3n) is 2.61. The van der Waals surface area contributed by atoms with Crippen molar-refractivity contribution in [3.05, 3.63) is 0 Å². The summed E-state index contributed by atoms with van der Waals surface area (Å²) in [6, 6.07) is 1.58. The Labute approximate surface area is 63.2 Å². The third kappa shape index (κ3) is 1.34. The van der Waals surface area contributed by atoms with Crippen LogP contribution in [0.5, 0.6) is 0 Å². The van der Waals surface area contributed by atoms with E-state index in [1.165, 1.54) is 19.3 Å². The molecule has 0 spiro atoms. The van der Waals surface area contributed by atoms with Gasteiger partial charge in [-0.1, -0.05) is 13.8 Å². The molecule has 58 valence electrons. The lowest BCUT2D eigenvalue weighted by molar-refractivity contribution is 0.536. The van der Waals surface area contributed by atoms with Crippen molar-refractivity contribution < 1.29 is 0 Å². The van der Waals surface area contributed by atoms with Crippen LogP contribution in [-0.2, 0) is 0 Å². The summed E-state index contributed by atoms with van der Waals surface area (Å²) in [7, 11) is 0. The van der Waals surface area contributed by atoms with E-state index >= 15 is 0 Å². The molecule has 0 aromatic carbocycles. The number of hydrogen-bond donors (Lipinski definition) is 1. The van der Waals surface area contributed by atoms with Crippen LogP contribution in [0.15, 0.2) is 0 Å². The van der Waals surface area contributed by atoms with Gasteiger partial charge in [-0.3, -0.25) is 0 Å². The Kier molecular flexibility index (Phi) is 1.48. The van der Waals surface area contributed by atoms with E-state index in [2.05, 4.69) is 19.2 Å². The molecule has 0 saturated heterocycles. The molecule has 0 aliphatic heterocycles. The Balaban J connectivity index is 1.69. The van der Waals surface area contributed by atoms with Crippen molar-refractivity contribution in [2.45, 2.75) is 45.2 Å². The Morgan fingerprint density at radius 1 is 1.30 bits per heavy atom. The highest BCUT2D eigenvalue weighted by Crippen LogP contribution is 2.50. The van der Waals surface area contributed by atoms with Gasteiger partial charge in [-0.2, -0.15) is 0 Å². The van der Waals surface area contributed by atoms with Crippen LogP contribution < -0.4 is 5.32 Å². The van der Waals surface area contributed by atoms with Gasteiger partial charge >= 0.3 is 0 Å². The van der Waals surface area contributed by atoms with Crippen LogP contribution >= 0.6 is 0 Å². The molecule has 0 radical (unpaired) electrons. The van der Waals surface area contributed by atoms with Gasteiger partial charge in [0.1, 0.15) is 0 Å². The molecule has 2 atom stereocenters. The summed E-state index contributed by atoms with van der Waals surface area (Å²) in [6.45, 7) is 4.48. The summed E-state index contributed by atoms with van der Waals surface area (Å²) in [5.74, 6) is 2.19. The summed E-state index contributed by atoms with van der Waals surface area (Å²) in [5.41, 5.74) is 0. The van der Waals surface area contributed by atoms with E-state index in [1.54, 1.807) is 0 Å².